The number of hydrogen-bond donors (Lipinski definition) is 0. The lowest BCUT2D eigenvalue weighted by atomic mass is 9.88. The monoisotopic (exact) mass is 328 g/mol. The van der Waals surface area contributed by atoms with E-state index in [9.17, 15) is 0 Å². The average Bonchev–Trinajstić information content (AvgIpc) is 3.11. The summed E-state index contributed by atoms with van der Waals surface area (Å²) < 4.78 is 5.68. The molecule has 0 spiro atoms. The van der Waals surface area contributed by atoms with E-state index in [0.717, 1.165) is 11.4 Å². The zero-order valence-corrected chi connectivity index (χ0v) is 14.2. The van der Waals surface area contributed by atoms with Gasteiger partial charge in [0.25, 0.3) is 0 Å². The van der Waals surface area contributed by atoms with Crippen molar-refractivity contribution < 1.29 is 4.74 Å². The third-order valence-corrected chi connectivity index (χ3v) is 4.35. The fraction of sp³-hybridized carbons (Fsp3) is 0.182. The van der Waals surface area contributed by atoms with Crippen molar-refractivity contribution in [2.75, 3.05) is 6.61 Å². The van der Waals surface area contributed by atoms with Gasteiger partial charge in [-0.25, -0.2) is 9.98 Å². The smallest absolute Gasteiger partial charge is 0.235 e. The molecule has 3 aromatic rings. The minimum atomic E-state index is 0.0850. The van der Waals surface area contributed by atoms with E-state index < -0.39 is 0 Å². The summed E-state index contributed by atoms with van der Waals surface area (Å²) in [4.78, 5) is 9.42. The maximum Gasteiger partial charge on any atom is 0.235 e. The summed E-state index contributed by atoms with van der Waals surface area (Å²) in [6.45, 7) is 2.68. The van der Waals surface area contributed by atoms with Gasteiger partial charge in [-0.1, -0.05) is 66.7 Å². The van der Waals surface area contributed by atoms with Gasteiger partial charge < -0.3 is 4.74 Å². The van der Waals surface area contributed by atoms with E-state index in [4.69, 9.17) is 9.72 Å². The Morgan fingerprint density at radius 3 is 2.04 bits per heavy atom. The predicted octanol–water partition coefficient (Wildman–Crippen LogP) is 4.43. The lowest BCUT2D eigenvalue weighted by molar-refractivity contribution is 0.323. The second kappa shape index (κ2) is 6.89. The number of hydrogen-bond acceptors (Lipinski definition) is 3. The third kappa shape index (κ3) is 3.31. The molecule has 0 saturated heterocycles. The van der Waals surface area contributed by atoms with Crippen molar-refractivity contribution >= 4 is 5.90 Å². The zero-order chi connectivity index (χ0) is 17.1. The second-order valence-corrected chi connectivity index (χ2v) is 6.30. The molecule has 124 valence electrons. The Morgan fingerprint density at radius 1 is 0.840 bits per heavy atom. The van der Waals surface area contributed by atoms with Crippen molar-refractivity contribution in [2.24, 2.45) is 4.99 Å². The van der Waals surface area contributed by atoms with Gasteiger partial charge in [-0.15, -0.1) is 0 Å². The van der Waals surface area contributed by atoms with Crippen LogP contribution in [0.3, 0.4) is 0 Å². The van der Waals surface area contributed by atoms with Crippen LogP contribution in [0.4, 0.5) is 0 Å². The van der Waals surface area contributed by atoms with Crippen LogP contribution in [-0.2, 0) is 4.74 Å². The molecule has 0 radical (unpaired) electrons. The first-order valence-electron chi connectivity index (χ1n) is 8.59. The largest absolute Gasteiger partial charge is 0.474 e. The minimum Gasteiger partial charge on any atom is -0.474 e. The van der Waals surface area contributed by atoms with Gasteiger partial charge in [0, 0.05) is 0 Å². The van der Waals surface area contributed by atoms with Crippen LogP contribution in [0, 0.1) is 0 Å². The fourth-order valence-electron chi connectivity index (χ4n) is 3.17. The molecule has 1 atom stereocenters. The molecule has 1 aliphatic rings. The SMILES string of the molecule is C[C@H]1COC(c2cccc(C(c3ccccc3)c3ccccc3)n2)=N1. The number of aromatic nitrogens is 1. The van der Waals surface area contributed by atoms with Gasteiger partial charge in [0.05, 0.1) is 17.7 Å². The van der Waals surface area contributed by atoms with Crippen molar-refractivity contribution in [3.63, 3.8) is 0 Å². The quantitative estimate of drug-likeness (QED) is 0.710. The van der Waals surface area contributed by atoms with Gasteiger partial charge in [0.15, 0.2) is 0 Å². The Hall–Kier alpha value is -2.94. The molecule has 0 N–H and O–H groups in total. The van der Waals surface area contributed by atoms with E-state index in [2.05, 4.69) is 59.6 Å². The first kappa shape index (κ1) is 15.6. The maximum absolute atomic E-state index is 5.68. The molecule has 4 rings (SSSR count). The zero-order valence-electron chi connectivity index (χ0n) is 14.2. The number of rotatable bonds is 4. The Morgan fingerprint density at radius 2 is 1.48 bits per heavy atom. The van der Waals surface area contributed by atoms with Crippen LogP contribution in [0.2, 0.25) is 0 Å². The average molecular weight is 328 g/mol. The highest BCUT2D eigenvalue weighted by Crippen LogP contribution is 2.30. The summed E-state index contributed by atoms with van der Waals surface area (Å²) in [5, 5.41) is 0. The minimum absolute atomic E-state index is 0.0850. The van der Waals surface area contributed by atoms with Crippen LogP contribution >= 0.6 is 0 Å². The molecule has 2 heterocycles. The molecular weight excluding hydrogens is 308 g/mol. The van der Waals surface area contributed by atoms with Gasteiger partial charge in [0.1, 0.15) is 12.3 Å². The first-order valence-corrected chi connectivity index (χ1v) is 8.59. The molecule has 1 aliphatic heterocycles. The molecule has 0 amide bonds. The lowest BCUT2D eigenvalue weighted by Crippen LogP contribution is -2.10. The molecule has 25 heavy (non-hydrogen) atoms. The molecule has 0 fully saturated rings. The van der Waals surface area contributed by atoms with Gasteiger partial charge in [0.2, 0.25) is 5.90 Å². The van der Waals surface area contributed by atoms with E-state index in [0.29, 0.717) is 12.5 Å². The highest BCUT2D eigenvalue weighted by atomic mass is 16.5. The Kier molecular flexibility index (Phi) is 4.30. The normalized spacial score (nSPS) is 16.6. The van der Waals surface area contributed by atoms with E-state index in [-0.39, 0.29) is 12.0 Å². The topological polar surface area (TPSA) is 34.5 Å². The van der Waals surface area contributed by atoms with Crippen LogP contribution in [0.25, 0.3) is 0 Å². The Balaban J connectivity index is 1.79. The number of pyridine rings is 1. The highest BCUT2D eigenvalue weighted by Gasteiger charge is 2.21. The van der Waals surface area contributed by atoms with Gasteiger partial charge in [-0.05, 0) is 30.2 Å². The number of nitrogens with zero attached hydrogens (tertiary/aromatic N) is 2. The van der Waals surface area contributed by atoms with E-state index in [1.165, 1.54) is 11.1 Å². The third-order valence-electron chi connectivity index (χ3n) is 4.35. The Bertz CT molecular complexity index is 835. The van der Waals surface area contributed by atoms with Crippen LogP contribution in [-0.4, -0.2) is 23.5 Å². The second-order valence-electron chi connectivity index (χ2n) is 6.30. The molecule has 0 saturated carbocycles. The summed E-state index contributed by atoms with van der Waals surface area (Å²) in [5.74, 6) is 0.732. The molecule has 3 heteroatoms. The van der Waals surface area contributed by atoms with E-state index >= 15 is 0 Å². The van der Waals surface area contributed by atoms with Crippen LogP contribution < -0.4 is 0 Å². The van der Waals surface area contributed by atoms with Crippen LogP contribution in [0.15, 0.2) is 83.9 Å². The van der Waals surface area contributed by atoms with Crippen molar-refractivity contribution in [3.05, 3.63) is 101 Å². The summed E-state index contributed by atoms with van der Waals surface area (Å²) in [6.07, 6.45) is 0. The number of benzene rings is 2. The summed E-state index contributed by atoms with van der Waals surface area (Å²) in [7, 11) is 0. The van der Waals surface area contributed by atoms with E-state index in [1.54, 1.807) is 0 Å². The molecule has 0 bridgehead atoms. The van der Waals surface area contributed by atoms with Crippen molar-refractivity contribution in [1.29, 1.82) is 0 Å². The first-order chi connectivity index (χ1) is 12.3. The summed E-state index contributed by atoms with van der Waals surface area (Å²) in [6, 6.07) is 27.2. The van der Waals surface area contributed by atoms with Crippen LogP contribution in [0.5, 0.6) is 0 Å². The van der Waals surface area contributed by atoms with Crippen LogP contribution in [0.1, 0.15) is 35.4 Å². The molecule has 1 aromatic heterocycles. The van der Waals surface area contributed by atoms with Crippen molar-refractivity contribution in [2.45, 2.75) is 18.9 Å². The van der Waals surface area contributed by atoms with Gasteiger partial charge in [-0.2, -0.15) is 0 Å². The summed E-state index contributed by atoms with van der Waals surface area (Å²) in [5.41, 5.74) is 4.25. The Labute approximate surface area is 148 Å². The van der Waals surface area contributed by atoms with E-state index in [1.807, 2.05) is 31.2 Å². The predicted molar refractivity (Wildman–Crippen MR) is 100 cm³/mol. The van der Waals surface area contributed by atoms with Gasteiger partial charge >= 0.3 is 0 Å². The maximum atomic E-state index is 5.68. The number of aliphatic imine (C=N–C) groups is 1. The molecule has 0 aliphatic carbocycles. The molecule has 3 nitrogen and oxygen atoms in total. The standard InChI is InChI=1S/C22H20N2O/c1-16-15-25-22(23-16)20-14-8-13-19(24-20)21(17-9-4-2-5-10-17)18-11-6-3-7-12-18/h2-14,16,21H,15H2,1H3/t16-/m0/s1. The number of ether oxygens (including phenoxy) is 1. The molecule has 2 aromatic carbocycles. The highest BCUT2D eigenvalue weighted by molar-refractivity contribution is 5.93. The fourth-order valence-corrected chi connectivity index (χ4v) is 3.17. The summed E-state index contributed by atoms with van der Waals surface area (Å²) >= 11 is 0. The lowest BCUT2D eigenvalue weighted by Gasteiger charge is -2.18. The van der Waals surface area contributed by atoms with Gasteiger partial charge in [-0.3, -0.25) is 0 Å². The molecular formula is C22H20N2O. The molecule has 0 unspecified atom stereocenters. The van der Waals surface area contributed by atoms with Crippen molar-refractivity contribution in [1.82, 2.24) is 4.98 Å². The van der Waals surface area contributed by atoms with Crippen molar-refractivity contribution in [3.8, 4) is 0 Å².